The molecular weight excluding hydrogens is 562 g/mol. The first-order valence-corrected chi connectivity index (χ1v) is 14.8. The van der Waals surface area contributed by atoms with Gasteiger partial charge in [-0.3, -0.25) is 14.7 Å². The number of pyridine rings is 1. The minimum atomic E-state index is -1.59. The standard InChI is InChI=1S/C35H32F2N4O3/c36-29-13-11-27(12-14-29)35(28-8-4-9-30(37)23-28)34(44)41(32(39-35)31-10-1-2-17-38-31)19-5-18-40-20-15-24(16-21-40)25-6-3-7-26(22-25)33(42)43/h1-4,6-14,17,22-24H,5,15-16,18-21H2,(H,42,43). The lowest BCUT2D eigenvalue weighted by molar-refractivity contribution is -0.130. The summed E-state index contributed by atoms with van der Waals surface area (Å²) < 4.78 is 28.5. The molecule has 1 aromatic heterocycles. The highest BCUT2D eigenvalue weighted by Crippen LogP contribution is 2.41. The molecular formula is C35H32F2N4O3. The molecule has 0 radical (unpaired) electrons. The zero-order chi connectivity index (χ0) is 30.7. The van der Waals surface area contributed by atoms with Crippen molar-refractivity contribution in [1.82, 2.24) is 14.8 Å². The van der Waals surface area contributed by atoms with Crippen molar-refractivity contribution in [1.29, 1.82) is 0 Å². The van der Waals surface area contributed by atoms with Gasteiger partial charge in [0, 0.05) is 12.7 Å². The van der Waals surface area contributed by atoms with Crippen LogP contribution in [0.1, 0.15) is 57.9 Å². The number of amidine groups is 1. The number of carbonyl (C=O) groups excluding carboxylic acids is 1. The molecule has 0 bridgehead atoms. The lowest BCUT2D eigenvalue weighted by Crippen LogP contribution is -2.43. The van der Waals surface area contributed by atoms with Crippen molar-refractivity contribution >= 4 is 17.7 Å². The summed E-state index contributed by atoms with van der Waals surface area (Å²) in [5.41, 5.74) is 1.09. The number of carbonyl (C=O) groups is 2. The fraction of sp³-hybridized carbons (Fsp3) is 0.257. The van der Waals surface area contributed by atoms with E-state index in [9.17, 15) is 23.5 Å². The lowest BCUT2D eigenvalue weighted by atomic mass is 9.82. The molecule has 1 fully saturated rings. The third-order valence-electron chi connectivity index (χ3n) is 8.53. The van der Waals surface area contributed by atoms with Gasteiger partial charge < -0.3 is 10.0 Å². The van der Waals surface area contributed by atoms with E-state index in [4.69, 9.17) is 4.99 Å². The Morgan fingerprint density at radius 2 is 1.64 bits per heavy atom. The van der Waals surface area contributed by atoms with Crippen LogP contribution in [0.3, 0.4) is 0 Å². The van der Waals surface area contributed by atoms with Crippen LogP contribution < -0.4 is 0 Å². The highest BCUT2D eigenvalue weighted by molar-refractivity contribution is 6.16. The fourth-order valence-corrected chi connectivity index (χ4v) is 6.27. The van der Waals surface area contributed by atoms with Gasteiger partial charge in [0.2, 0.25) is 0 Å². The topological polar surface area (TPSA) is 86.1 Å². The molecule has 7 nitrogen and oxygen atoms in total. The number of halogens is 2. The number of carboxylic acid groups (broad SMARTS) is 1. The first kappa shape index (κ1) is 29.3. The Bertz CT molecular complexity index is 1690. The molecule has 224 valence electrons. The Hall–Kier alpha value is -4.76. The van der Waals surface area contributed by atoms with Crippen molar-refractivity contribution in [2.45, 2.75) is 30.7 Å². The number of amides is 1. The van der Waals surface area contributed by atoms with Gasteiger partial charge in [0.15, 0.2) is 11.4 Å². The van der Waals surface area contributed by atoms with E-state index >= 15 is 0 Å². The first-order valence-electron chi connectivity index (χ1n) is 14.8. The number of hydrogen-bond donors (Lipinski definition) is 1. The maximum absolute atomic E-state index is 14.5. The van der Waals surface area contributed by atoms with Crippen LogP contribution in [0.5, 0.6) is 0 Å². The van der Waals surface area contributed by atoms with Gasteiger partial charge in [0.25, 0.3) is 5.91 Å². The van der Waals surface area contributed by atoms with Crippen LogP contribution in [0, 0.1) is 11.6 Å². The van der Waals surface area contributed by atoms with Gasteiger partial charge in [-0.1, -0.05) is 42.5 Å². The molecule has 0 saturated carbocycles. The van der Waals surface area contributed by atoms with Crippen LogP contribution in [-0.2, 0) is 10.3 Å². The van der Waals surface area contributed by atoms with Gasteiger partial charge in [-0.2, -0.15) is 0 Å². The second-order valence-corrected chi connectivity index (χ2v) is 11.2. The van der Waals surface area contributed by atoms with Crippen molar-refractivity contribution in [2.75, 3.05) is 26.2 Å². The molecule has 1 unspecified atom stereocenters. The number of rotatable bonds is 9. The molecule has 1 amide bonds. The van der Waals surface area contributed by atoms with Crippen molar-refractivity contribution in [2.24, 2.45) is 4.99 Å². The lowest BCUT2D eigenvalue weighted by Gasteiger charge is -2.33. The highest BCUT2D eigenvalue weighted by Gasteiger charge is 2.51. The number of aromatic nitrogens is 1. The van der Waals surface area contributed by atoms with Crippen molar-refractivity contribution < 1.29 is 23.5 Å². The SMILES string of the molecule is O=C(O)c1cccc(C2CCN(CCCN3C(=O)C(c4ccc(F)cc4)(c4cccc(F)c4)N=C3c3ccccn3)CC2)c1. The molecule has 3 heterocycles. The average Bonchev–Trinajstić information content (AvgIpc) is 3.35. The molecule has 44 heavy (non-hydrogen) atoms. The predicted octanol–water partition coefficient (Wildman–Crippen LogP) is 5.86. The van der Waals surface area contributed by atoms with Gasteiger partial charge in [-0.25, -0.2) is 18.6 Å². The van der Waals surface area contributed by atoms with E-state index in [0.717, 1.165) is 38.0 Å². The third-order valence-corrected chi connectivity index (χ3v) is 8.53. The summed E-state index contributed by atoms with van der Waals surface area (Å²) in [4.78, 5) is 39.3. The van der Waals surface area contributed by atoms with Crippen LogP contribution in [0.25, 0.3) is 0 Å². The Morgan fingerprint density at radius 3 is 2.34 bits per heavy atom. The molecule has 2 aliphatic heterocycles. The van der Waals surface area contributed by atoms with Crippen LogP contribution in [0.15, 0.2) is 102 Å². The zero-order valence-corrected chi connectivity index (χ0v) is 24.1. The molecule has 2 aliphatic rings. The summed E-state index contributed by atoms with van der Waals surface area (Å²) in [6, 6.07) is 24.0. The maximum Gasteiger partial charge on any atom is 0.335 e. The van der Waals surface area contributed by atoms with Crippen molar-refractivity contribution in [3.63, 3.8) is 0 Å². The monoisotopic (exact) mass is 594 g/mol. The predicted molar refractivity (Wildman–Crippen MR) is 163 cm³/mol. The smallest absolute Gasteiger partial charge is 0.335 e. The second kappa shape index (κ2) is 12.5. The molecule has 9 heteroatoms. The van der Waals surface area contributed by atoms with Gasteiger partial charge in [-0.05, 0) is 110 Å². The molecule has 1 atom stereocenters. The van der Waals surface area contributed by atoms with E-state index in [-0.39, 0.29) is 5.91 Å². The summed E-state index contributed by atoms with van der Waals surface area (Å²) in [5.74, 6) is -1.51. The van der Waals surface area contributed by atoms with E-state index in [0.29, 0.717) is 47.1 Å². The van der Waals surface area contributed by atoms with E-state index in [1.54, 1.807) is 53.6 Å². The number of likely N-dealkylation sites (tertiary alicyclic amines) is 1. The summed E-state index contributed by atoms with van der Waals surface area (Å²) in [6.45, 7) is 2.84. The fourth-order valence-electron chi connectivity index (χ4n) is 6.27. The zero-order valence-electron chi connectivity index (χ0n) is 24.1. The van der Waals surface area contributed by atoms with Gasteiger partial charge >= 0.3 is 5.97 Å². The molecule has 0 aliphatic carbocycles. The largest absolute Gasteiger partial charge is 0.478 e. The van der Waals surface area contributed by atoms with E-state index in [1.165, 1.54) is 36.4 Å². The summed E-state index contributed by atoms with van der Waals surface area (Å²) >= 11 is 0. The Morgan fingerprint density at radius 1 is 0.864 bits per heavy atom. The van der Waals surface area contributed by atoms with Crippen LogP contribution in [0.4, 0.5) is 8.78 Å². The number of aromatic carboxylic acids is 1. The van der Waals surface area contributed by atoms with Gasteiger partial charge in [-0.15, -0.1) is 0 Å². The maximum atomic E-state index is 14.5. The van der Waals surface area contributed by atoms with Crippen LogP contribution in [0.2, 0.25) is 0 Å². The number of piperidine rings is 1. The molecule has 3 aromatic carbocycles. The summed E-state index contributed by atoms with van der Waals surface area (Å²) in [6.07, 6.45) is 4.13. The highest BCUT2D eigenvalue weighted by atomic mass is 19.1. The summed E-state index contributed by atoms with van der Waals surface area (Å²) in [7, 11) is 0. The Labute approximate surface area is 254 Å². The number of aliphatic imine (C=N–C) groups is 1. The molecule has 1 N–H and O–H groups in total. The van der Waals surface area contributed by atoms with E-state index in [2.05, 4.69) is 9.88 Å². The third kappa shape index (κ3) is 5.75. The van der Waals surface area contributed by atoms with Crippen LogP contribution in [-0.4, -0.2) is 63.8 Å². The Balaban J connectivity index is 1.22. The molecule has 0 spiro atoms. The Kier molecular flexibility index (Phi) is 8.30. The van der Waals surface area contributed by atoms with Crippen molar-refractivity contribution in [3.8, 4) is 0 Å². The minimum Gasteiger partial charge on any atom is -0.478 e. The van der Waals surface area contributed by atoms with E-state index in [1.807, 2.05) is 12.1 Å². The number of nitrogens with zero attached hydrogens (tertiary/aromatic N) is 4. The van der Waals surface area contributed by atoms with Crippen molar-refractivity contribution in [3.05, 3.63) is 137 Å². The minimum absolute atomic E-state index is 0.302. The summed E-state index contributed by atoms with van der Waals surface area (Å²) in [5, 5.41) is 9.35. The first-order chi connectivity index (χ1) is 21.3. The number of benzene rings is 3. The van der Waals surface area contributed by atoms with Gasteiger partial charge in [0.05, 0.1) is 5.56 Å². The molecule has 4 aromatic rings. The number of carboxylic acids is 1. The average molecular weight is 595 g/mol. The molecule has 6 rings (SSSR count). The normalized spacial score (nSPS) is 19.3. The molecule has 1 saturated heterocycles. The van der Waals surface area contributed by atoms with Crippen LogP contribution >= 0.6 is 0 Å². The van der Waals surface area contributed by atoms with E-state index < -0.39 is 23.1 Å². The number of hydrogen-bond acceptors (Lipinski definition) is 5. The van der Waals surface area contributed by atoms with Gasteiger partial charge in [0.1, 0.15) is 17.3 Å². The second-order valence-electron chi connectivity index (χ2n) is 11.2. The quantitative estimate of drug-likeness (QED) is 0.262.